The van der Waals surface area contributed by atoms with E-state index in [-0.39, 0.29) is 31.6 Å². The number of carbonyl (C=O) groups excluding carboxylic acids is 1. The molecule has 0 bridgehead atoms. The first-order chi connectivity index (χ1) is 44.9. The SMILES string of the molecule is CCOC(=O)C(C#N)CCc1ccc2c(n1)N(B(C)O)CCOC2.N#CCCCc1ccc2c(n1)NCCOC2.N/C(CCCc1ccc2c(n1)NCCOC2)=N\O.O=C(O)CC(Cc1nc(CCCc2ccc3c(n2)NCCOC3)no1)c1ccc2c(c1)OCO2. The Morgan fingerprint density at radius 2 is 1.29 bits per heavy atom. The average molecular weight is 1270 g/mol. The lowest BCUT2D eigenvalue weighted by Gasteiger charge is -2.24. The molecule has 2 atom stereocenters. The Hall–Kier alpha value is -9.19. The molecule has 27 nitrogen and oxygen atoms in total. The molecule has 6 aromatic rings. The Morgan fingerprint density at radius 1 is 0.728 bits per heavy atom. The number of unbranched alkanes of at least 4 members (excludes halogenated alkanes) is 1. The molecular weight excluding hydrogens is 1180 g/mol. The van der Waals surface area contributed by atoms with Crippen molar-refractivity contribution in [2.24, 2.45) is 16.8 Å². The first kappa shape index (κ1) is 68.7. The fraction of sp³-hybridized carbons (Fsp3) is 0.484. The minimum Gasteiger partial charge on any atom is -0.481 e. The van der Waals surface area contributed by atoms with Crippen LogP contribution in [0.15, 0.2) is 76.4 Å². The van der Waals surface area contributed by atoms with Crippen LogP contribution in [0.2, 0.25) is 6.82 Å². The highest BCUT2D eigenvalue weighted by molar-refractivity contribution is 6.53. The van der Waals surface area contributed by atoms with Crippen LogP contribution < -0.4 is 36.0 Å². The number of fused-ring (bicyclic) bond motifs is 5. The number of anilines is 4. The molecule has 2 unspecified atom stereocenters. The van der Waals surface area contributed by atoms with Crippen molar-refractivity contribution < 1.29 is 62.6 Å². The zero-order chi connectivity index (χ0) is 64.9. The summed E-state index contributed by atoms with van der Waals surface area (Å²) in [6.07, 6.45) is 7.91. The van der Waals surface area contributed by atoms with E-state index < -0.39 is 24.9 Å². The number of carboxylic acids is 1. The zero-order valence-electron chi connectivity index (χ0n) is 52.1. The maximum absolute atomic E-state index is 11.7. The third-order valence-corrected chi connectivity index (χ3v) is 15.2. The Balaban J connectivity index is 0.000000165. The van der Waals surface area contributed by atoms with Crippen LogP contribution in [0, 0.1) is 28.6 Å². The number of nitriles is 2. The van der Waals surface area contributed by atoms with Crippen molar-refractivity contribution in [2.75, 3.05) is 86.8 Å². The number of ether oxygens (including phenoxy) is 7. The number of aromatic nitrogens is 6. The molecule has 10 heterocycles. The maximum Gasteiger partial charge on any atom is 0.410 e. The van der Waals surface area contributed by atoms with Gasteiger partial charge in [0.2, 0.25) is 12.7 Å². The standard InChI is InChI=1S/C24H26N4O6.C16H22BN3O4.C12H18N4O2.C12H15N3O/c29-23(30)12-17(15-5-7-19-20(10-15)33-14-32-19)11-22-27-21(28-34-22)3-1-2-18-6-4-16-13-31-9-8-25-24(16)26-18;1-3-24-16(21)12(10-18)4-6-14-7-5-13-11-23-9-8-20(17(2)22)15(13)19-14;13-11(16-17)3-1-2-10-5-4-9-8-18-7-6-14-12(9)15-10;13-6-2-1-3-11-5-4-10-9-16-8-7-14-12(10)15-11/h4-7,10,17H,1-3,8-9,11-14H2,(H,25,26)(H,29,30);5,7,12,22H,3-4,6,8-9,11H2,1-2H3;4-5,17H,1-3,6-8H2,(H2,13,16)(H,14,15);4-5H,1-3,7-9H2,(H,14,15). The van der Waals surface area contributed by atoms with E-state index in [0.717, 1.165) is 133 Å². The molecule has 0 saturated carbocycles. The van der Waals surface area contributed by atoms with Crippen molar-refractivity contribution in [2.45, 2.75) is 130 Å². The van der Waals surface area contributed by atoms with Crippen LogP contribution in [-0.2, 0) is 98.2 Å². The van der Waals surface area contributed by atoms with Gasteiger partial charge in [-0.15, -0.1) is 0 Å². The summed E-state index contributed by atoms with van der Waals surface area (Å²) in [5.74, 6) is 3.51. The molecule has 5 aliphatic heterocycles. The number of pyridine rings is 4. The van der Waals surface area contributed by atoms with Crippen LogP contribution in [0.25, 0.3) is 0 Å². The molecular formula is C64H81BN14O13. The fourth-order valence-electron chi connectivity index (χ4n) is 10.3. The predicted molar refractivity (Wildman–Crippen MR) is 339 cm³/mol. The molecule has 8 N–H and O–H groups in total. The summed E-state index contributed by atoms with van der Waals surface area (Å²) in [5, 5.41) is 62.2. The van der Waals surface area contributed by atoms with Gasteiger partial charge in [0, 0.05) is 103 Å². The van der Waals surface area contributed by atoms with Crippen molar-refractivity contribution in [1.82, 2.24) is 30.1 Å². The largest absolute Gasteiger partial charge is 0.481 e. The van der Waals surface area contributed by atoms with Crippen LogP contribution in [0.3, 0.4) is 0 Å². The normalized spacial score (nSPS) is 15.1. The fourth-order valence-corrected chi connectivity index (χ4v) is 10.3. The molecule has 0 spiro atoms. The third kappa shape index (κ3) is 21.5. The molecule has 5 aromatic heterocycles. The Kier molecular flexibility index (Phi) is 27.3. The molecule has 488 valence electrons. The van der Waals surface area contributed by atoms with E-state index in [2.05, 4.69) is 64.4 Å². The molecule has 0 saturated heterocycles. The van der Waals surface area contributed by atoms with Gasteiger partial charge in [0.05, 0.1) is 78.0 Å². The molecule has 5 aliphatic rings. The molecule has 11 rings (SSSR count). The molecule has 0 fully saturated rings. The first-order valence-corrected chi connectivity index (χ1v) is 31.1. The van der Waals surface area contributed by atoms with Gasteiger partial charge in [-0.05, 0) is 107 Å². The van der Waals surface area contributed by atoms with Crippen molar-refractivity contribution in [3.8, 4) is 23.6 Å². The van der Waals surface area contributed by atoms with Crippen LogP contribution in [0.4, 0.5) is 23.3 Å². The number of rotatable bonds is 22. The third-order valence-electron chi connectivity index (χ3n) is 15.2. The average Bonchev–Trinajstić information content (AvgIpc) is 2.79. The summed E-state index contributed by atoms with van der Waals surface area (Å²) in [6, 6.07) is 25.6. The monoisotopic (exact) mass is 1260 g/mol. The topological polar surface area (TPSA) is 375 Å². The minimum atomic E-state index is -0.892. The van der Waals surface area contributed by atoms with Gasteiger partial charge in [-0.2, -0.15) is 15.5 Å². The second-order valence-corrected chi connectivity index (χ2v) is 22.0. The summed E-state index contributed by atoms with van der Waals surface area (Å²) >= 11 is 0. The molecule has 28 heteroatoms. The van der Waals surface area contributed by atoms with Gasteiger partial charge in [-0.3, -0.25) is 9.59 Å². The molecule has 92 heavy (non-hydrogen) atoms. The highest BCUT2D eigenvalue weighted by Gasteiger charge is 2.27. The lowest BCUT2D eigenvalue weighted by atomic mass is 9.84. The number of nitrogens with one attached hydrogen (secondary N) is 3. The van der Waals surface area contributed by atoms with E-state index in [9.17, 15) is 19.7 Å². The quantitative estimate of drug-likeness (QED) is 0.00669. The Bertz CT molecular complexity index is 3470. The molecule has 0 amide bonds. The number of benzene rings is 1. The van der Waals surface area contributed by atoms with Crippen molar-refractivity contribution in [3.05, 3.63) is 129 Å². The lowest BCUT2D eigenvalue weighted by molar-refractivity contribution is -0.146. The number of hydrogen-bond donors (Lipinski definition) is 7. The summed E-state index contributed by atoms with van der Waals surface area (Å²) in [6.45, 7) is 11.6. The predicted octanol–water partition coefficient (Wildman–Crippen LogP) is 7.24. The summed E-state index contributed by atoms with van der Waals surface area (Å²) in [7, 11) is -0.667. The van der Waals surface area contributed by atoms with E-state index in [0.29, 0.717) is 120 Å². The van der Waals surface area contributed by atoms with Gasteiger partial charge < -0.3 is 79.5 Å². The highest BCUT2D eigenvalue weighted by atomic mass is 16.7. The molecule has 0 aliphatic carbocycles. The van der Waals surface area contributed by atoms with Crippen LogP contribution in [0.1, 0.15) is 120 Å². The van der Waals surface area contributed by atoms with Gasteiger partial charge in [0.15, 0.2) is 17.3 Å². The van der Waals surface area contributed by atoms with Crippen LogP contribution in [0.5, 0.6) is 11.5 Å². The number of nitrogens with zero attached hydrogens (tertiary/aromatic N) is 10. The van der Waals surface area contributed by atoms with Crippen LogP contribution in [-0.4, -0.2) is 136 Å². The number of oxime groups is 1. The van der Waals surface area contributed by atoms with E-state index >= 15 is 0 Å². The summed E-state index contributed by atoms with van der Waals surface area (Å²) < 4.78 is 43.0. The van der Waals surface area contributed by atoms with Crippen LogP contribution >= 0.6 is 0 Å². The number of carboxylic acid groups (broad SMARTS) is 1. The number of amidine groups is 1. The second kappa shape index (κ2) is 36.6. The van der Waals surface area contributed by atoms with Gasteiger partial charge in [0.25, 0.3) is 0 Å². The smallest absolute Gasteiger partial charge is 0.410 e. The van der Waals surface area contributed by atoms with E-state index in [1.165, 1.54) is 0 Å². The number of nitrogens with two attached hydrogens (primary N) is 1. The lowest BCUT2D eigenvalue weighted by Crippen LogP contribution is -2.39. The number of aliphatic carboxylic acids is 1. The number of esters is 1. The Morgan fingerprint density at radius 3 is 1.87 bits per heavy atom. The Labute approximate surface area is 535 Å². The van der Waals surface area contributed by atoms with Crippen molar-refractivity contribution in [3.63, 3.8) is 0 Å². The van der Waals surface area contributed by atoms with E-state index in [1.54, 1.807) is 24.6 Å². The molecule has 1 aromatic carbocycles. The van der Waals surface area contributed by atoms with E-state index in [1.807, 2.05) is 54.6 Å². The van der Waals surface area contributed by atoms with Gasteiger partial charge in [-0.1, -0.05) is 40.6 Å². The van der Waals surface area contributed by atoms with Gasteiger partial charge >= 0.3 is 19.0 Å². The summed E-state index contributed by atoms with van der Waals surface area (Å²) in [4.78, 5) is 47.9. The molecule has 0 radical (unpaired) electrons. The minimum absolute atomic E-state index is 0.0551. The zero-order valence-corrected chi connectivity index (χ0v) is 52.1. The highest BCUT2D eigenvalue weighted by Crippen LogP contribution is 2.37. The second-order valence-electron chi connectivity index (χ2n) is 22.0. The first-order valence-electron chi connectivity index (χ1n) is 31.1. The number of carbonyl (C=O) groups is 2. The number of aryl methyl sites for hydroxylation is 5. The maximum atomic E-state index is 11.7. The summed E-state index contributed by atoms with van der Waals surface area (Å²) in [5.41, 5.74) is 14.3. The van der Waals surface area contributed by atoms with E-state index in [4.69, 9.17) is 64.1 Å². The number of hydrogen-bond acceptors (Lipinski definition) is 25. The van der Waals surface area contributed by atoms with Crippen molar-refractivity contribution in [1.29, 1.82) is 10.5 Å². The van der Waals surface area contributed by atoms with Crippen molar-refractivity contribution >= 4 is 48.1 Å². The van der Waals surface area contributed by atoms with Gasteiger partial charge in [-0.25, -0.2) is 19.9 Å². The van der Waals surface area contributed by atoms with Gasteiger partial charge in [0.1, 0.15) is 35.0 Å².